The van der Waals surface area contributed by atoms with Gasteiger partial charge in [0.15, 0.2) is 17.4 Å². The Morgan fingerprint density at radius 2 is 1.80 bits per heavy atom. The maximum absolute atomic E-state index is 4.94. The minimum absolute atomic E-state index is 0. The molecule has 0 rings (SSSR count). The summed E-state index contributed by atoms with van der Waals surface area (Å²) in [5, 5.41) is 0. The molecule has 0 N–H and O–H groups in total. The third-order valence-corrected chi connectivity index (χ3v) is 0. The van der Waals surface area contributed by atoms with Crippen LogP contribution in [-0.2, 0) is 0 Å². The van der Waals surface area contributed by atoms with Gasteiger partial charge in [-0.3, -0.25) is 0 Å². The quantitative estimate of drug-likeness (QED) is 0.217. The Hall–Kier alpha value is 1.84. The van der Waals surface area contributed by atoms with Gasteiger partial charge in [0.05, 0.1) is 7.57 Å². The molecule has 5 heavy (non-hydrogen) atoms. The van der Waals surface area contributed by atoms with Crippen LogP contribution in [0.5, 0.6) is 0 Å². The first kappa shape index (κ1) is 15.8. The van der Waals surface area contributed by atoms with Gasteiger partial charge in [0, 0.05) is 9.91 Å². The average Bonchev–Trinajstić information content (AvgIpc) is 0.918. The van der Waals surface area contributed by atoms with E-state index in [1.54, 1.807) is 0 Å². The second kappa shape index (κ2) is 17.0. The van der Waals surface area contributed by atoms with Crippen molar-refractivity contribution in [3.63, 3.8) is 0 Å². The van der Waals surface area contributed by atoms with Gasteiger partial charge >= 0.3 is 18.9 Å². The first-order chi connectivity index (χ1) is 1.41. The molecule has 5 heteroatoms. The Labute approximate surface area is 63.1 Å². The average molecular weight is 112 g/mol. The molecule has 0 heterocycles. The van der Waals surface area contributed by atoms with Crippen molar-refractivity contribution < 1.29 is 20.3 Å². The normalized spacial score (nSPS) is 6.40. The fourth-order valence-electron chi connectivity index (χ4n) is 0. The summed E-state index contributed by atoms with van der Waals surface area (Å²) in [5.41, 5.74) is 0. The number of hydrogen-bond donors (Lipinski definition) is 0. The molecule has 0 fully saturated rings. The van der Waals surface area contributed by atoms with Crippen LogP contribution < -0.4 is 18.9 Å². The topological polar surface area (TPSA) is 0 Å². The zero-order chi connectivity index (χ0) is 2.71. The standard InChI is InChI=1S/Al.BH4PSi.Li.4H/c;1-2-3;;;;;/h;2H,3H3;;;;;/q;;+1;;;;-1. The Kier molecular flexibility index (Phi) is 53.7. The second-order valence-corrected chi connectivity index (χ2v) is 2.60. The Balaban J connectivity index is -0.00000000667. The maximum Gasteiger partial charge on any atom is 1.00 e. The van der Waals surface area contributed by atoms with Crippen LogP contribution in [0.1, 0.15) is 1.43 Å². The van der Waals surface area contributed by atoms with Crippen LogP contribution in [0.25, 0.3) is 0 Å². The minimum atomic E-state index is 0. The molecule has 0 aromatic rings. The summed E-state index contributed by atoms with van der Waals surface area (Å²) in [7, 11) is 6.83. The third kappa shape index (κ3) is 25.4. The van der Waals surface area contributed by atoms with Crippen LogP contribution >= 0.6 is 8.01 Å². The van der Waals surface area contributed by atoms with Gasteiger partial charge in [-0.2, -0.15) is 8.01 Å². The summed E-state index contributed by atoms with van der Waals surface area (Å²) in [6.07, 6.45) is 0. The summed E-state index contributed by atoms with van der Waals surface area (Å²) in [5.74, 6) is 0. The SMILES string of the molecule is [AlH3].[B]P[SiH3].[H-].[Li+]. The molecule has 0 saturated heterocycles. The van der Waals surface area contributed by atoms with Crippen molar-refractivity contribution in [2.45, 2.75) is 0 Å². The van der Waals surface area contributed by atoms with E-state index in [4.69, 9.17) is 7.57 Å². The number of hydrogen-bond acceptors (Lipinski definition) is 0. The van der Waals surface area contributed by atoms with Gasteiger partial charge in [0.1, 0.15) is 0 Å². The van der Waals surface area contributed by atoms with E-state index in [9.17, 15) is 0 Å². The first-order valence-corrected chi connectivity index (χ1v) is 5.37. The van der Waals surface area contributed by atoms with Crippen molar-refractivity contribution >= 4 is 42.8 Å². The molecule has 0 aliphatic carbocycles. The second-order valence-electron chi connectivity index (χ2n) is 0.289. The summed E-state index contributed by atoms with van der Waals surface area (Å²) in [6.45, 7) is 0. The van der Waals surface area contributed by atoms with Crippen LogP contribution in [-0.4, -0.2) is 34.8 Å². The molecule has 0 aromatic heterocycles. The van der Waals surface area contributed by atoms with E-state index >= 15 is 0 Å². The van der Waals surface area contributed by atoms with E-state index in [2.05, 4.69) is 0 Å². The maximum atomic E-state index is 4.94. The molecule has 0 nitrogen and oxygen atoms in total. The van der Waals surface area contributed by atoms with E-state index in [1.807, 2.05) is 0 Å². The fourth-order valence-corrected chi connectivity index (χ4v) is 0. The van der Waals surface area contributed by atoms with Crippen LogP contribution in [0.3, 0.4) is 0 Å². The van der Waals surface area contributed by atoms with Crippen LogP contribution in [0.2, 0.25) is 0 Å². The first-order valence-electron chi connectivity index (χ1n) is 0.789. The largest absolute Gasteiger partial charge is 1.00 e. The fraction of sp³-hybridized carbons (Fsp3) is 0. The molecule has 2 radical (unpaired) electrons. The van der Waals surface area contributed by atoms with Crippen molar-refractivity contribution in [2.75, 3.05) is 0 Å². The molecule has 0 amide bonds. The molecule has 1 unspecified atom stereocenters. The summed E-state index contributed by atoms with van der Waals surface area (Å²) in [6, 6.07) is 0. The molecular formula is H8AlBLiPSi. The van der Waals surface area contributed by atoms with E-state index in [0.29, 0.717) is 0 Å². The van der Waals surface area contributed by atoms with Gasteiger partial charge in [0.2, 0.25) is 0 Å². The van der Waals surface area contributed by atoms with Crippen LogP contribution in [0, 0.1) is 0 Å². The Morgan fingerprint density at radius 3 is 1.80 bits per heavy atom. The van der Waals surface area contributed by atoms with Gasteiger partial charge in [0.25, 0.3) is 0 Å². The van der Waals surface area contributed by atoms with Gasteiger partial charge in [-0.05, 0) is 0 Å². The zero-order valence-electron chi connectivity index (χ0n) is 4.08. The molecular weight excluding hydrogens is 104 g/mol. The molecule has 0 spiro atoms. The molecule has 0 aromatic carbocycles. The van der Waals surface area contributed by atoms with Crippen molar-refractivity contribution in [1.29, 1.82) is 0 Å². The van der Waals surface area contributed by atoms with Crippen LogP contribution in [0.15, 0.2) is 0 Å². The number of rotatable bonds is 0. The van der Waals surface area contributed by atoms with E-state index in [1.165, 1.54) is 9.91 Å². The van der Waals surface area contributed by atoms with Gasteiger partial charge in [-0.25, -0.2) is 0 Å². The van der Waals surface area contributed by atoms with Crippen molar-refractivity contribution in [2.24, 2.45) is 0 Å². The van der Waals surface area contributed by atoms with Gasteiger partial charge in [-0.1, -0.05) is 0 Å². The van der Waals surface area contributed by atoms with Gasteiger partial charge < -0.3 is 1.43 Å². The smallest absolute Gasteiger partial charge is 1.00 e. The summed E-state index contributed by atoms with van der Waals surface area (Å²) < 4.78 is 0. The molecule has 24 valence electrons. The van der Waals surface area contributed by atoms with E-state index in [0.717, 1.165) is 8.01 Å². The van der Waals surface area contributed by atoms with E-state index < -0.39 is 0 Å². The van der Waals surface area contributed by atoms with E-state index in [-0.39, 0.29) is 37.6 Å². The predicted molar refractivity (Wildman–Crippen MR) is 35.1 cm³/mol. The molecule has 0 saturated carbocycles. The Bertz CT molecular complexity index is 15.5. The minimum Gasteiger partial charge on any atom is -1.00 e. The molecule has 0 aliphatic heterocycles. The summed E-state index contributed by atoms with van der Waals surface area (Å²) >= 11 is 0. The van der Waals surface area contributed by atoms with Crippen molar-refractivity contribution in [3.8, 4) is 0 Å². The monoisotopic (exact) mass is 112 g/mol. The predicted octanol–water partition coefficient (Wildman–Crippen LogP) is -5.04. The van der Waals surface area contributed by atoms with Gasteiger partial charge in [-0.15, -0.1) is 0 Å². The van der Waals surface area contributed by atoms with Crippen molar-refractivity contribution in [1.82, 2.24) is 0 Å². The molecule has 0 aliphatic rings. The Morgan fingerprint density at radius 1 is 1.80 bits per heavy atom. The summed E-state index contributed by atoms with van der Waals surface area (Å²) in [4.78, 5) is 0. The zero-order valence-corrected chi connectivity index (χ0v) is 6.08. The molecule has 1 atom stereocenters. The molecule has 0 bridgehead atoms. The van der Waals surface area contributed by atoms with Crippen molar-refractivity contribution in [3.05, 3.63) is 0 Å². The third-order valence-electron chi connectivity index (χ3n) is 0. The van der Waals surface area contributed by atoms with Crippen LogP contribution in [0.4, 0.5) is 0 Å².